The van der Waals surface area contributed by atoms with Crippen LogP contribution < -0.4 is 73.5 Å². The zero-order valence-corrected chi connectivity index (χ0v) is 69.7. The van der Waals surface area contributed by atoms with Gasteiger partial charge in [0.05, 0.1) is 60.6 Å². The molecule has 5 aromatic rings. The molecule has 12 unspecified atom stereocenters. The molecule has 45 heteroatoms. The van der Waals surface area contributed by atoms with E-state index >= 15 is 28.8 Å². The molecule has 8 amide bonds. The summed E-state index contributed by atoms with van der Waals surface area (Å²) in [6, 6.07) is -0.722. The molecule has 0 aliphatic carbocycles. The lowest BCUT2D eigenvalue weighted by atomic mass is 9.86. The van der Waals surface area contributed by atoms with Crippen molar-refractivity contribution in [1.29, 1.82) is 0 Å². The van der Waals surface area contributed by atoms with Gasteiger partial charge in [-0.05, 0) is 129 Å². The number of primary amides is 1. The number of phenolic OH excluding ortho intramolecular Hbond substituents is 3. The number of epoxide rings is 1. The Morgan fingerprint density at radius 3 is 1.87 bits per heavy atom. The molecule has 14 rings (SSSR count). The second-order valence-corrected chi connectivity index (χ2v) is 33.3. The Morgan fingerprint density at radius 2 is 1.27 bits per heavy atom. The van der Waals surface area contributed by atoms with Gasteiger partial charge in [-0.15, -0.1) is 0 Å². The Balaban J connectivity index is 0.963. The molecule has 126 heavy (non-hydrogen) atoms. The van der Waals surface area contributed by atoms with Gasteiger partial charge >= 0.3 is 0 Å². The first-order chi connectivity index (χ1) is 59.7. The largest absolute Gasteiger partial charge is 0.508 e. The number of aliphatic hydroxyl groups excluding tert-OH is 12. The van der Waals surface area contributed by atoms with Crippen LogP contribution in [0, 0.1) is 5.92 Å². The number of aromatic hydroxyl groups is 3. The van der Waals surface area contributed by atoms with Gasteiger partial charge in [-0.3, -0.25) is 38.4 Å². The van der Waals surface area contributed by atoms with Crippen LogP contribution in [0.1, 0.15) is 112 Å². The van der Waals surface area contributed by atoms with E-state index in [9.17, 15) is 86.2 Å². The highest BCUT2D eigenvalue weighted by atomic mass is 35.5. The molecule has 5 aromatic carbocycles. The first-order valence-electron chi connectivity index (χ1n) is 40.3. The lowest BCUT2D eigenvalue weighted by Gasteiger charge is -2.47. The molecule has 688 valence electrons. The maximum atomic E-state index is 16.3. The maximum Gasteiger partial charge on any atom is 0.248 e. The molecule has 4 fully saturated rings. The molecule has 0 radical (unpaired) electrons. The van der Waals surface area contributed by atoms with Crippen molar-refractivity contribution in [3.05, 3.63) is 117 Å². The summed E-state index contributed by atoms with van der Waals surface area (Å²) >= 11 is 14.3. The first kappa shape index (κ1) is 95.5. The van der Waals surface area contributed by atoms with E-state index in [1.165, 1.54) is 33.0 Å². The number of hydrogen-bond donors (Lipinski definition) is 26. The molecule has 43 nitrogen and oxygen atoms in total. The number of ether oxygens (including phenoxy) is 9. The summed E-state index contributed by atoms with van der Waals surface area (Å²) in [4.78, 5) is 121. The minimum Gasteiger partial charge on any atom is -0.508 e. The van der Waals surface area contributed by atoms with Crippen LogP contribution in [-0.4, -0.2) is 304 Å². The summed E-state index contributed by atoms with van der Waals surface area (Å²) in [7, 11) is 1.46. The van der Waals surface area contributed by atoms with Gasteiger partial charge in [0.15, 0.2) is 30.2 Å². The third kappa shape index (κ3) is 21.4. The summed E-state index contributed by atoms with van der Waals surface area (Å²) in [6.45, 7) is 4.17. The minimum atomic E-state index is -2.40. The number of nitrogens with two attached hydrogens (primary N) is 2. The van der Waals surface area contributed by atoms with Crippen LogP contribution in [0.2, 0.25) is 10.0 Å². The molecular weight excluding hydrogens is 1710 g/mol. The van der Waals surface area contributed by atoms with Crippen molar-refractivity contribution in [1.82, 2.24) is 47.9 Å². The number of aliphatic hydroxyl groups is 12. The number of nitrogens with one attached hydrogen (secondary N) is 9. The Labute approximate surface area is 728 Å². The van der Waals surface area contributed by atoms with E-state index < -0.39 is 299 Å². The van der Waals surface area contributed by atoms with Gasteiger partial charge in [-0.2, -0.15) is 0 Å². The SMILES string of the molecule is CN[C@H](CC(C)C)C(=O)N[C@H]1C(=O)N[C@@H](CC(N)=O)C(=O)N[C@H]2C(=O)N[C@H]3C(=O)N[C@H](C(=O)N[C@H](C(=O)NCCCNCC(O)C(O)C(OC4OC(CO)C(O)C(O)C4O)C4CO4)c4cc(O)cc(O)c4-c4cc3ccc4O)[C@H](O)c3ccc(c(Cl)c3)Oc3cc2cc(c3O[C@H]2O[C@H](CO)[C@H](O)C(O)C2O[C@H]2C[C@@](C)(N)[C@H](O)C(C)O2)Oc2ccc(cc2Cl)[C@H]1O. The zero-order valence-electron chi connectivity index (χ0n) is 68.2. The number of likely N-dealkylation sites (N-methyl/N-ethyl adjacent to an activating group) is 1. The molecule has 4 saturated heterocycles. The van der Waals surface area contributed by atoms with E-state index in [-0.39, 0.29) is 78.9 Å². The van der Waals surface area contributed by atoms with E-state index in [1.54, 1.807) is 0 Å². The molecule has 11 bridgehead atoms. The van der Waals surface area contributed by atoms with Crippen LogP contribution in [0.15, 0.2) is 78.9 Å². The van der Waals surface area contributed by atoms with E-state index in [0.29, 0.717) is 0 Å². The molecule has 0 spiro atoms. The molecule has 0 saturated carbocycles. The molecule has 9 aliphatic heterocycles. The van der Waals surface area contributed by atoms with Crippen molar-refractivity contribution in [2.75, 3.05) is 46.5 Å². The van der Waals surface area contributed by atoms with Gasteiger partial charge in [0.2, 0.25) is 59.3 Å². The number of carbonyl (C=O) groups is 8. The van der Waals surface area contributed by atoms with Gasteiger partial charge in [-0.25, -0.2) is 0 Å². The van der Waals surface area contributed by atoms with E-state index in [2.05, 4.69) is 47.9 Å². The lowest BCUT2D eigenvalue weighted by Crippen LogP contribution is -2.64. The monoisotopic (exact) mass is 1810 g/mol. The average Bonchev–Trinajstić information content (AvgIpc) is 0.987. The Morgan fingerprint density at radius 1 is 0.667 bits per heavy atom. The Kier molecular flexibility index (Phi) is 30.6. The topological polar surface area (TPSA) is 687 Å². The lowest BCUT2D eigenvalue weighted by molar-refractivity contribution is -0.333. The highest BCUT2D eigenvalue weighted by Crippen LogP contribution is 2.50. The van der Waals surface area contributed by atoms with Gasteiger partial charge in [0.1, 0.15) is 138 Å². The third-order valence-electron chi connectivity index (χ3n) is 22.6. The van der Waals surface area contributed by atoms with Crippen molar-refractivity contribution in [3.63, 3.8) is 0 Å². The number of fused-ring (bicyclic) bond motifs is 15. The molecular formula is C81H103Cl2N11O32. The van der Waals surface area contributed by atoms with Crippen molar-refractivity contribution in [3.8, 4) is 57.1 Å². The number of benzene rings is 5. The fourth-order valence-electron chi connectivity index (χ4n) is 15.6. The molecule has 9 aliphatic rings. The van der Waals surface area contributed by atoms with Crippen LogP contribution in [0.4, 0.5) is 0 Å². The third-order valence-corrected chi connectivity index (χ3v) is 23.2. The summed E-state index contributed by atoms with van der Waals surface area (Å²) in [5.74, 6) is -15.6. The fraction of sp³-hybridized carbons (Fsp3) is 0.531. The second kappa shape index (κ2) is 40.4. The summed E-state index contributed by atoms with van der Waals surface area (Å²) in [5.41, 5.74) is 8.09. The number of halogens is 2. The molecule has 0 aromatic heterocycles. The zero-order chi connectivity index (χ0) is 91.5. The predicted molar refractivity (Wildman–Crippen MR) is 433 cm³/mol. The maximum absolute atomic E-state index is 16.3. The van der Waals surface area contributed by atoms with Gasteiger partial charge in [0, 0.05) is 42.2 Å². The van der Waals surface area contributed by atoms with Gasteiger partial charge in [-0.1, -0.05) is 55.2 Å². The number of hydrogen-bond acceptors (Lipinski definition) is 35. The normalized spacial score (nSPS) is 31.5. The average molecular weight is 1810 g/mol. The number of phenols is 3. The van der Waals surface area contributed by atoms with E-state index in [1.807, 2.05) is 13.8 Å². The van der Waals surface area contributed by atoms with Crippen LogP contribution in [0.3, 0.4) is 0 Å². The predicted octanol–water partition coefficient (Wildman–Crippen LogP) is -4.58. The standard InChI is InChI=1S/C81H103Cl2N11O32/c1-29(2)15-40(86-5)72(111)93-58-60(102)32-8-11-45(38(82)17-32)120-47-19-34-20-48(68(47)125-80-70(66(108)64(106)50(27-96)123-80)124-53-24-81(4,85)71(110)30(3)119-53)121-46-12-9-33(18-39(46)83)61(103)59-78(117)92-57(74(113)88-14-6-13-87-25-44(100)62(104)69(51-28-118-51)126-79-67(109)65(107)63(105)49(26-95)122-79)37-21-35(97)22-43(99)54(37)36-16-31(7-10-42(36)98)55(75(114)94-59)91-76(115)56(34)90-73(112)41(23-52(84)101)89-77(58)116/h7-12,16-22,29-30,40-41,44,49-51,53,55-67,69-71,79-80,86-87,95-100,102-110H,6,13-15,23-28,85H2,1-5H3,(H2,84,101)(H,88,113)(H,89,116)(H,90,112)(H,91,115)(H,92,117)(H,93,111)(H,94,114)/t30?,40-,41+,44?,49?,50-,51?,53+,55-,56-,57+,58-,59+,60-,61-,62?,63?,64+,65?,66?,67?,69?,70?,71-,79?,80-,81-/m1/s1. The number of carbonyl (C=O) groups excluding carboxylic acids is 8. The Bertz CT molecular complexity index is 4830. The first-order valence-corrected chi connectivity index (χ1v) is 41.1. The van der Waals surface area contributed by atoms with Crippen LogP contribution in [0.5, 0.6) is 46.0 Å². The van der Waals surface area contributed by atoms with Crippen LogP contribution in [0.25, 0.3) is 11.1 Å². The number of rotatable bonds is 25. The Hall–Kier alpha value is -9.60. The fourth-order valence-corrected chi connectivity index (χ4v) is 16.0. The summed E-state index contributed by atoms with van der Waals surface area (Å²) in [6.07, 6.45) is -33.1. The van der Waals surface area contributed by atoms with E-state index in [0.717, 1.165) is 66.7 Å². The highest BCUT2D eigenvalue weighted by Gasteiger charge is 2.53. The van der Waals surface area contributed by atoms with Crippen molar-refractivity contribution in [2.24, 2.45) is 17.4 Å². The minimum absolute atomic E-state index is 0.00449. The summed E-state index contributed by atoms with van der Waals surface area (Å²) < 4.78 is 55.1. The van der Waals surface area contributed by atoms with Crippen molar-refractivity contribution < 1.29 is 158 Å². The van der Waals surface area contributed by atoms with Gasteiger partial charge in [0.25, 0.3) is 0 Å². The van der Waals surface area contributed by atoms with Crippen molar-refractivity contribution >= 4 is 70.5 Å². The van der Waals surface area contributed by atoms with Crippen molar-refractivity contribution in [2.45, 2.75) is 218 Å². The highest BCUT2D eigenvalue weighted by molar-refractivity contribution is 6.32. The van der Waals surface area contributed by atoms with Crippen LogP contribution >= 0.6 is 23.2 Å². The summed E-state index contributed by atoms with van der Waals surface area (Å²) in [5, 5.41) is 192. The van der Waals surface area contributed by atoms with E-state index in [4.69, 9.17) is 77.3 Å². The molecule has 27 atom stereocenters. The van der Waals surface area contributed by atoms with Crippen LogP contribution in [-0.2, 0) is 66.8 Å². The molecule has 28 N–H and O–H groups in total. The number of amides is 8. The molecule has 9 heterocycles. The smallest absolute Gasteiger partial charge is 0.248 e. The second-order valence-electron chi connectivity index (χ2n) is 32.5. The van der Waals surface area contributed by atoms with Gasteiger partial charge < -0.3 is 179 Å². The quantitative estimate of drug-likeness (QED) is 0.0193.